The fourth-order valence-corrected chi connectivity index (χ4v) is 1.62. The molecule has 7 heteroatoms. The Hall–Kier alpha value is -3.01. The van der Waals surface area contributed by atoms with Gasteiger partial charge in [-0.05, 0) is 12.1 Å². The fourth-order valence-electron chi connectivity index (χ4n) is 1.62. The normalized spacial score (nSPS) is 10.3. The van der Waals surface area contributed by atoms with E-state index in [1.165, 1.54) is 6.20 Å². The minimum absolute atomic E-state index is 0.304. The Bertz CT molecular complexity index is 766. The van der Waals surface area contributed by atoms with Crippen molar-refractivity contribution in [3.8, 4) is 28.9 Å². The molecule has 0 aromatic carbocycles. The standard InChI is InChI=1S/C12H8N6O/c1-18-7-9(6-15-18)11-16-12(19-17-11)8-2-3-14-10(4-8)5-13/h2-4,6-7H,1H3. The zero-order valence-electron chi connectivity index (χ0n) is 9.98. The van der Waals surface area contributed by atoms with Gasteiger partial charge in [-0.3, -0.25) is 4.68 Å². The molecule has 0 amide bonds. The fraction of sp³-hybridized carbons (Fsp3) is 0.0833. The molecule has 0 aliphatic carbocycles. The highest BCUT2D eigenvalue weighted by Crippen LogP contribution is 2.21. The molecule has 3 aromatic heterocycles. The van der Waals surface area contributed by atoms with Gasteiger partial charge in [0.25, 0.3) is 5.89 Å². The Morgan fingerprint density at radius 3 is 3.00 bits per heavy atom. The van der Waals surface area contributed by atoms with Crippen LogP contribution < -0.4 is 0 Å². The van der Waals surface area contributed by atoms with Crippen molar-refractivity contribution in [3.63, 3.8) is 0 Å². The Labute approximate surface area is 108 Å². The first kappa shape index (κ1) is 11.1. The van der Waals surface area contributed by atoms with Gasteiger partial charge in [-0.1, -0.05) is 5.16 Å². The van der Waals surface area contributed by atoms with Crippen LogP contribution in [-0.2, 0) is 7.05 Å². The zero-order chi connectivity index (χ0) is 13.2. The van der Waals surface area contributed by atoms with E-state index in [9.17, 15) is 0 Å². The van der Waals surface area contributed by atoms with Crippen LogP contribution in [0, 0.1) is 11.3 Å². The molecule has 3 heterocycles. The molecule has 3 rings (SSSR count). The summed E-state index contributed by atoms with van der Waals surface area (Å²) in [5.41, 5.74) is 1.74. The Balaban J connectivity index is 1.99. The number of aryl methyl sites for hydroxylation is 1. The van der Waals surface area contributed by atoms with Crippen LogP contribution >= 0.6 is 0 Å². The number of hydrogen-bond donors (Lipinski definition) is 0. The van der Waals surface area contributed by atoms with E-state index in [4.69, 9.17) is 9.78 Å². The van der Waals surface area contributed by atoms with Gasteiger partial charge in [-0.25, -0.2) is 4.98 Å². The minimum Gasteiger partial charge on any atom is -0.334 e. The van der Waals surface area contributed by atoms with E-state index in [0.717, 1.165) is 5.56 Å². The Morgan fingerprint density at radius 1 is 1.37 bits per heavy atom. The van der Waals surface area contributed by atoms with E-state index < -0.39 is 0 Å². The van der Waals surface area contributed by atoms with Gasteiger partial charge in [0, 0.05) is 25.0 Å². The molecule has 0 fully saturated rings. The van der Waals surface area contributed by atoms with Crippen LogP contribution in [0.5, 0.6) is 0 Å². The zero-order valence-corrected chi connectivity index (χ0v) is 9.98. The molecule has 0 saturated carbocycles. The predicted molar refractivity (Wildman–Crippen MR) is 64.4 cm³/mol. The maximum absolute atomic E-state index is 8.80. The second-order valence-corrected chi connectivity index (χ2v) is 3.87. The summed E-state index contributed by atoms with van der Waals surface area (Å²) in [7, 11) is 1.81. The number of pyridine rings is 1. The van der Waals surface area contributed by atoms with Crippen LogP contribution in [0.25, 0.3) is 22.8 Å². The molecule has 92 valence electrons. The predicted octanol–water partition coefficient (Wildman–Crippen LogP) is 1.40. The van der Waals surface area contributed by atoms with Gasteiger partial charge >= 0.3 is 0 Å². The second kappa shape index (κ2) is 4.34. The first-order chi connectivity index (χ1) is 9.26. The number of nitriles is 1. The molecule has 0 unspecified atom stereocenters. The molecule has 0 saturated heterocycles. The summed E-state index contributed by atoms with van der Waals surface area (Å²) in [6.07, 6.45) is 4.98. The van der Waals surface area contributed by atoms with Gasteiger partial charge in [0.15, 0.2) is 0 Å². The summed E-state index contributed by atoms with van der Waals surface area (Å²) < 4.78 is 6.84. The molecule has 0 bridgehead atoms. The quantitative estimate of drug-likeness (QED) is 0.684. The summed E-state index contributed by atoms with van der Waals surface area (Å²) in [6.45, 7) is 0. The third kappa shape index (κ3) is 2.07. The monoisotopic (exact) mass is 252 g/mol. The van der Waals surface area contributed by atoms with Crippen molar-refractivity contribution in [1.29, 1.82) is 5.26 Å². The number of nitrogens with zero attached hydrogens (tertiary/aromatic N) is 6. The van der Waals surface area contributed by atoms with E-state index in [1.54, 1.807) is 29.2 Å². The Morgan fingerprint density at radius 2 is 2.26 bits per heavy atom. The first-order valence-corrected chi connectivity index (χ1v) is 5.45. The number of hydrogen-bond acceptors (Lipinski definition) is 6. The lowest BCUT2D eigenvalue weighted by atomic mass is 10.2. The smallest absolute Gasteiger partial charge is 0.258 e. The molecule has 0 aliphatic rings. The van der Waals surface area contributed by atoms with Crippen molar-refractivity contribution in [2.75, 3.05) is 0 Å². The maximum Gasteiger partial charge on any atom is 0.258 e. The molecule has 0 atom stereocenters. The topological polar surface area (TPSA) is 93.4 Å². The Kier molecular flexibility index (Phi) is 2.54. The van der Waals surface area contributed by atoms with Crippen LogP contribution in [0.1, 0.15) is 5.69 Å². The van der Waals surface area contributed by atoms with Crippen LogP contribution in [0.4, 0.5) is 0 Å². The summed E-state index contributed by atoms with van der Waals surface area (Å²) in [5.74, 6) is 0.802. The van der Waals surface area contributed by atoms with Crippen LogP contribution in [-0.4, -0.2) is 24.9 Å². The third-order valence-corrected chi connectivity index (χ3v) is 2.51. The van der Waals surface area contributed by atoms with E-state index in [1.807, 2.05) is 13.1 Å². The van der Waals surface area contributed by atoms with Crippen LogP contribution in [0.3, 0.4) is 0 Å². The van der Waals surface area contributed by atoms with Gasteiger partial charge in [0.05, 0.1) is 11.8 Å². The molecule has 0 N–H and O–H groups in total. The highest BCUT2D eigenvalue weighted by Gasteiger charge is 2.12. The van der Waals surface area contributed by atoms with Crippen molar-refractivity contribution < 1.29 is 4.52 Å². The van der Waals surface area contributed by atoms with Gasteiger partial charge < -0.3 is 4.52 Å². The SMILES string of the molecule is Cn1cc(-c2noc(-c3ccnc(C#N)c3)n2)cn1. The van der Waals surface area contributed by atoms with E-state index in [-0.39, 0.29) is 0 Å². The second-order valence-electron chi connectivity index (χ2n) is 3.87. The molecule has 7 nitrogen and oxygen atoms in total. The van der Waals surface area contributed by atoms with Gasteiger partial charge in [-0.2, -0.15) is 15.3 Å². The molecule has 0 radical (unpaired) electrons. The average Bonchev–Trinajstić information content (AvgIpc) is 3.07. The highest BCUT2D eigenvalue weighted by atomic mass is 16.5. The van der Waals surface area contributed by atoms with Crippen molar-refractivity contribution in [2.24, 2.45) is 7.05 Å². The molecule has 0 spiro atoms. The van der Waals surface area contributed by atoms with Gasteiger partial charge in [0.1, 0.15) is 11.8 Å². The molecule has 3 aromatic rings. The van der Waals surface area contributed by atoms with Crippen molar-refractivity contribution in [3.05, 3.63) is 36.4 Å². The molecule has 0 aliphatic heterocycles. The largest absolute Gasteiger partial charge is 0.334 e. The molecule has 19 heavy (non-hydrogen) atoms. The summed E-state index contributed by atoms with van der Waals surface area (Å²) in [6, 6.07) is 5.27. The van der Waals surface area contributed by atoms with Crippen LogP contribution in [0.2, 0.25) is 0 Å². The lowest BCUT2D eigenvalue weighted by molar-refractivity contribution is 0.432. The first-order valence-electron chi connectivity index (χ1n) is 5.45. The lowest BCUT2D eigenvalue weighted by Crippen LogP contribution is -1.85. The van der Waals surface area contributed by atoms with Crippen molar-refractivity contribution in [1.82, 2.24) is 24.9 Å². The molecular formula is C12H8N6O. The average molecular weight is 252 g/mol. The summed E-state index contributed by atoms with van der Waals surface area (Å²) >= 11 is 0. The van der Waals surface area contributed by atoms with Gasteiger partial charge in [-0.15, -0.1) is 0 Å². The van der Waals surface area contributed by atoms with Crippen LogP contribution in [0.15, 0.2) is 35.2 Å². The highest BCUT2D eigenvalue weighted by molar-refractivity contribution is 5.59. The maximum atomic E-state index is 8.80. The van der Waals surface area contributed by atoms with E-state index in [0.29, 0.717) is 23.0 Å². The number of rotatable bonds is 2. The van der Waals surface area contributed by atoms with E-state index in [2.05, 4.69) is 20.2 Å². The van der Waals surface area contributed by atoms with Crippen molar-refractivity contribution in [2.45, 2.75) is 0 Å². The third-order valence-electron chi connectivity index (χ3n) is 2.51. The van der Waals surface area contributed by atoms with E-state index >= 15 is 0 Å². The minimum atomic E-state index is 0.304. The van der Waals surface area contributed by atoms with Gasteiger partial charge in [0.2, 0.25) is 5.82 Å². The summed E-state index contributed by atoms with van der Waals surface area (Å²) in [4.78, 5) is 8.16. The summed E-state index contributed by atoms with van der Waals surface area (Å²) in [5, 5.41) is 16.7. The van der Waals surface area contributed by atoms with Crippen molar-refractivity contribution >= 4 is 0 Å². The lowest BCUT2D eigenvalue weighted by Gasteiger charge is -1.92. The molecular weight excluding hydrogens is 244 g/mol. The number of aromatic nitrogens is 5.